The summed E-state index contributed by atoms with van der Waals surface area (Å²) in [4.78, 5) is 25.6. The molecule has 4 heteroatoms. The van der Waals surface area contributed by atoms with Crippen molar-refractivity contribution in [2.75, 3.05) is 6.54 Å². The number of aliphatic carboxylic acids is 1. The van der Waals surface area contributed by atoms with Crippen molar-refractivity contribution in [3.8, 4) is 0 Å². The second-order valence-corrected chi connectivity index (χ2v) is 5.26. The summed E-state index contributed by atoms with van der Waals surface area (Å²) in [6.07, 6.45) is 4.23. The number of carboxylic acids is 1. The lowest BCUT2D eigenvalue weighted by atomic mass is 9.79. The summed E-state index contributed by atoms with van der Waals surface area (Å²) < 4.78 is 0. The minimum Gasteiger partial charge on any atom is -0.481 e. The molecule has 1 N–H and O–H groups in total. The second-order valence-electron chi connectivity index (χ2n) is 5.26. The summed E-state index contributed by atoms with van der Waals surface area (Å²) in [6, 6.07) is 0.317. The van der Waals surface area contributed by atoms with Crippen LogP contribution in [0.5, 0.6) is 0 Å². The Balaban J connectivity index is 2.75. The molecule has 1 amide bonds. The topological polar surface area (TPSA) is 57.6 Å². The van der Waals surface area contributed by atoms with Gasteiger partial charge in [0.25, 0.3) is 0 Å². The van der Waals surface area contributed by atoms with Crippen LogP contribution in [0.2, 0.25) is 0 Å². The van der Waals surface area contributed by atoms with E-state index in [4.69, 9.17) is 0 Å². The first-order valence-electron chi connectivity index (χ1n) is 7.03. The Hall–Kier alpha value is -1.06. The molecule has 1 rings (SSSR count). The molecule has 0 aromatic rings. The van der Waals surface area contributed by atoms with Crippen molar-refractivity contribution in [3.63, 3.8) is 0 Å². The highest BCUT2D eigenvalue weighted by molar-refractivity contribution is 5.85. The molecule has 1 fully saturated rings. The van der Waals surface area contributed by atoms with Gasteiger partial charge >= 0.3 is 5.97 Å². The predicted octanol–water partition coefficient (Wildman–Crippen LogP) is 2.67. The van der Waals surface area contributed by atoms with Crippen molar-refractivity contribution in [3.05, 3.63) is 0 Å². The molecule has 0 radical (unpaired) electrons. The average Bonchev–Trinajstić information content (AvgIpc) is 2.83. The molecule has 0 aliphatic carbocycles. The van der Waals surface area contributed by atoms with E-state index in [0.29, 0.717) is 18.9 Å². The fourth-order valence-corrected chi connectivity index (χ4v) is 2.86. The van der Waals surface area contributed by atoms with Gasteiger partial charge in [-0.2, -0.15) is 0 Å². The number of hydrogen-bond acceptors (Lipinski definition) is 2. The van der Waals surface area contributed by atoms with Crippen LogP contribution in [0, 0.1) is 5.41 Å². The average molecular weight is 255 g/mol. The molecule has 4 nitrogen and oxygen atoms in total. The molecule has 0 spiro atoms. The highest BCUT2D eigenvalue weighted by Gasteiger charge is 2.40. The minimum atomic E-state index is -0.877. The molecular weight excluding hydrogens is 230 g/mol. The number of carbonyl (C=O) groups excluding carboxylic acids is 1. The van der Waals surface area contributed by atoms with Crippen LogP contribution in [0.25, 0.3) is 0 Å². The number of likely N-dealkylation sites (tertiary alicyclic amines) is 1. The van der Waals surface area contributed by atoms with Crippen molar-refractivity contribution >= 4 is 11.9 Å². The van der Waals surface area contributed by atoms with Gasteiger partial charge < -0.3 is 10.0 Å². The Morgan fingerprint density at radius 2 is 1.89 bits per heavy atom. The zero-order valence-corrected chi connectivity index (χ0v) is 11.7. The lowest BCUT2D eigenvalue weighted by Crippen LogP contribution is -2.41. The van der Waals surface area contributed by atoms with Crippen LogP contribution < -0.4 is 0 Å². The minimum absolute atomic E-state index is 0.0189. The normalized spacial score (nSPS) is 20.2. The van der Waals surface area contributed by atoms with Crippen molar-refractivity contribution in [2.45, 2.75) is 65.3 Å². The fraction of sp³-hybridized carbons (Fsp3) is 0.857. The first kappa shape index (κ1) is 15.0. The number of hydrogen-bond donors (Lipinski definition) is 1. The summed E-state index contributed by atoms with van der Waals surface area (Å²) in [7, 11) is 0. The smallest absolute Gasteiger partial charge is 0.310 e. The summed E-state index contributed by atoms with van der Waals surface area (Å²) in [6.45, 7) is 6.58. The summed E-state index contributed by atoms with van der Waals surface area (Å²) >= 11 is 0. The number of amides is 1. The maximum absolute atomic E-state index is 12.3. The van der Waals surface area contributed by atoms with Gasteiger partial charge in [0.2, 0.25) is 5.91 Å². The monoisotopic (exact) mass is 255 g/mol. The van der Waals surface area contributed by atoms with Gasteiger partial charge in [-0.3, -0.25) is 9.59 Å². The van der Waals surface area contributed by atoms with Crippen LogP contribution in [0.3, 0.4) is 0 Å². The molecule has 0 aromatic heterocycles. The standard InChI is InChI=1S/C14H25NO3/c1-4-11-8-7-9-15(11)12(16)10-14(5-2,6-3)13(17)18/h11H,4-10H2,1-3H3,(H,17,18). The van der Waals surface area contributed by atoms with Gasteiger partial charge in [-0.1, -0.05) is 20.8 Å². The van der Waals surface area contributed by atoms with Gasteiger partial charge in [-0.25, -0.2) is 0 Å². The van der Waals surface area contributed by atoms with Gasteiger partial charge in [-0.15, -0.1) is 0 Å². The van der Waals surface area contributed by atoms with E-state index < -0.39 is 11.4 Å². The lowest BCUT2D eigenvalue weighted by Gasteiger charge is -2.30. The molecule has 0 saturated carbocycles. The van der Waals surface area contributed by atoms with E-state index in [1.165, 1.54) is 0 Å². The van der Waals surface area contributed by atoms with Crippen molar-refractivity contribution in [1.82, 2.24) is 4.90 Å². The zero-order chi connectivity index (χ0) is 13.8. The third kappa shape index (κ3) is 2.85. The maximum Gasteiger partial charge on any atom is 0.310 e. The molecular formula is C14H25NO3. The maximum atomic E-state index is 12.3. The van der Waals surface area contributed by atoms with E-state index in [0.717, 1.165) is 25.8 Å². The largest absolute Gasteiger partial charge is 0.481 e. The fourth-order valence-electron chi connectivity index (χ4n) is 2.86. The molecule has 1 heterocycles. The van der Waals surface area contributed by atoms with E-state index in [2.05, 4.69) is 6.92 Å². The van der Waals surface area contributed by atoms with Gasteiger partial charge in [0.1, 0.15) is 0 Å². The molecule has 0 aromatic carbocycles. The van der Waals surface area contributed by atoms with Crippen LogP contribution in [-0.2, 0) is 9.59 Å². The van der Waals surface area contributed by atoms with E-state index in [1.54, 1.807) is 0 Å². The lowest BCUT2D eigenvalue weighted by molar-refractivity contribution is -0.154. The number of rotatable bonds is 6. The number of carbonyl (C=O) groups is 2. The highest BCUT2D eigenvalue weighted by atomic mass is 16.4. The Bertz CT molecular complexity index is 310. The number of nitrogens with zero attached hydrogens (tertiary/aromatic N) is 1. The number of carboxylic acid groups (broad SMARTS) is 1. The van der Waals surface area contributed by atoms with Crippen molar-refractivity contribution in [1.29, 1.82) is 0 Å². The van der Waals surface area contributed by atoms with Gasteiger partial charge in [0, 0.05) is 19.0 Å². The van der Waals surface area contributed by atoms with E-state index >= 15 is 0 Å². The van der Waals surface area contributed by atoms with E-state index in [1.807, 2.05) is 18.7 Å². The molecule has 1 aliphatic rings. The Labute approximate surface area is 109 Å². The molecule has 104 valence electrons. The van der Waals surface area contributed by atoms with Crippen LogP contribution in [0.1, 0.15) is 59.3 Å². The Kier molecular flexibility index (Phi) is 5.17. The Morgan fingerprint density at radius 3 is 2.33 bits per heavy atom. The van der Waals surface area contributed by atoms with Crippen LogP contribution in [0.15, 0.2) is 0 Å². The van der Waals surface area contributed by atoms with Crippen LogP contribution in [-0.4, -0.2) is 34.5 Å². The van der Waals surface area contributed by atoms with Crippen molar-refractivity contribution in [2.24, 2.45) is 5.41 Å². The third-order valence-corrected chi connectivity index (χ3v) is 4.47. The molecule has 0 bridgehead atoms. The third-order valence-electron chi connectivity index (χ3n) is 4.47. The summed E-state index contributed by atoms with van der Waals surface area (Å²) in [5.41, 5.74) is -0.877. The molecule has 1 aliphatic heterocycles. The van der Waals surface area contributed by atoms with E-state index in [9.17, 15) is 14.7 Å². The van der Waals surface area contributed by atoms with Crippen molar-refractivity contribution < 1.29 is 14.7 Å². The first-order valence-corrected chi connectivity index (χ1v) is 7.03. The quantitative estimate of drug-likeness (QED) is 0.793. The molecule has 1 saturated heterocycles. The Morgan fingerprint density at radius 1 is 1.28 bits per heavy atom. The van der Waals surface area contributed by atoms with Crippen LogP contribution >= 0.6 is 0 Å². The molecule has 18 heavy (non-hydrogen) atoms. The van der Waals surface area contributed by atoms with Crippen LogP contribution in [0.4, 0.5) is 0 Å². The van der Waals surface area contributed by atoms with Gasteiger partial charge in [-0.05, 0) is 32.1 Å². The highest BCUT2D eigenvalue weighted by Crippen LogP contribution is 2.33. The zero-order valence-electron chi connectivity index (χ0n) is 11.7. The SMILES string of the molecule is CCC1CCCN1C(=O)CC(CC)(CC)C(=O)O. The van der Waals surface area contributed by atoms with E-state index in [-0.39, 0.29) is 12.3 Å². The first-order chi connectivity index (χ1) is 8.50. The second kappa shape index (κ2) is 6.21. The molecule has 1 atom stereocenters. The van der Waals surface area contributed by atoms with Gasteiger partial charge in [0.15, 0.2) is 0 Å². The summed E-state index contributed by atoms with van der Waals surface area (Å²) in [5, 5.41) is 9.37. The summed E-state index contributed by atoms with van der Waals surface area (Å²) in [5.74, 6) is -0.821. The predicted molar refractivity (Wildman–Crippen MR) is 70.3 cm³/mol. The molecule has 1 unspecified atom stereocenters. The van der Waals surface area contributed by atoms with Gasteiger partial charge in [0.05, 0.1) is 5.41 Å².